The first-order valence-corrected chi connectivity index (χ1v) is 13.6. The fraction of sp³-hybridized carbons (Fsp3) is 0.424. The number of carboxylic acid groups (broad SMARTS) is 1. The van der Waals surface area contributed by atoms with Crippen molar-refractivity contribution < 1.29 is 19.7 Å². The second kappa shape index (κ2) is 10.3. The average Bonchev–Trinajstić information content (AvgIpc) is 3.56. The number of rotatable bonds is 10. The van der Waals surface area contributed by atoms with Gasteiger partial charge in [-0.2, -0.15) is 0 Å². The third-order valence-corrected chi connectivity index (χ3v) is 8.61. The topological polar surface area (TPSA) is 66.8 Å². The molecule has 5 rings (SSSR count). The molecule has 0 saturated heterocycles. The highest BCUT2D eigenvalue weighted by Gasteiger charge is 2.54. The van der Waals surface area contributed by atoms with Crippen LogP contribution in [0.15, 0.2) is 48.5 Å². The predicted molar refractivity (Wildman–Crippen MR) is 148 cm³/mol. The zero-order valence-electron chi connectivity index (χ0n) is 22.3. The summed E-state index contributed by atoms with van der Waals surface area (Å²) in [6.45, 7) is 7.17. The number of aliphatic hydroxyl groups excluding tert-OH is 1. The SMILES string of the molecule is Cc1cc(OCCCO)cc(C)c1-c1cccc(CCc2ccc3c(c2)CC2(CC2)C3CC(=O)O)c1C. The van der Waals surface area contributed by atoms with Crippen molar-refractivity contribution in [3.63, 3.8) is 0 Å². The molecule has 0 bridgehead atoms. The molecule has 0 aromatic heterocycles. The van der Waals surface area contributed by atoms with Crippen LogP contribution >= 0.6 is 0 Å². The number of carboxylic acids is 1. The van der Waals surface area contributed by atoms with E-state index in [9.17, 15) is 9.90 Å². The van der Waals surface area contributed by atoms with Gasteiger partial charge in [-0.25, -0.2) is 0 Å². The summed E-state index contributed by atoms with van der Waals surface area (Å²) in [7, 11) is 0. The van der Waals surface area contributed by atoms with Gasteiger partial charge in [0, 0.05) is 18.9 Å². The van der Waals surface area contributed by atoms with Crippen molar-refractivity contribution in [3.8, 4) is 16.9 Å². The van der Waals surface area contributed by atoms with Crippen molar-refractivity contribution in [2.75, 3.05) is 13.2 Å². The second-order valence-electron chi connectivity index (χ2n) is 11.2. The number of aliphatic carboxylic acids is 1. The minimum atomic E-state index is -0.683. The molecule has 3 aromatic rings. The lowest BCUT2D eigenvalue weighted by molar-refractivity contribution is -0.137. The van der Waals surface area contributed by atoms with Gasteiger partial charge < -0.3 is 14.9 Å². The molecular weight excluding hydrogens is 460 g/mol. The lowest BCUT2D eigenvalue weighted by Gasteiger charge is -2.18. The summed E-state index contributed by atoms with van der Waals surface area (Å²) in [4.78, 5) is 11.5. The molecule has 194 valence electrons. The van der Waals surface area contributed by atoms with Crippen LogP contribution in [0.3, 0.4) is 0 Å². The highest BCUT2D eigenvalue weighted by Crippen LogP contribution is 2.64. The van der Waals surface area contributed by atoms with Gasteiger partial charge in [0.1, 0.15) is 5.75 Å². The Bertz CT molecular complexity index is 1290. The Balaban J connectivity index is 1.33. The number of carbonyl (C=O) groups is 1. The molecule has 0 aliphatic heterocycles. The first-order valence-electron chi connectivity index (χ1n) is 13.6. The number of aryl methyl sites for hydroxylation is 4. The normalized spacial score (nSPS) is 17.1. The lowest BCUT2D eigenvalue weighted by atomic mass is 9.86. The maximum Gasteiger partial charge on any atom is 0.303 e. The predicted octanol–water partition coefficient (Wildman–Crippen LogP) is 6.72. The number of benzene rings is 3. The third kappa shape index (κ3) is 5.17. The Morgan fingerprint density at radius 1 is 1.03 bits per heavy atom. The van der Waals surface area contributed by atoms with Gasteiger partial charge in [-0.1, -0.05) is 36.4 Å². The molecule has 1 atom stereocenters. The van der Waals surface area contributed by atoms with Crippen LogP contribution in [0, 0.1) is 26.2 Å². The van der Waals surface area contributed by atoms with E-state index in [1.807, 2.05) is 0 Å². The summed E-state index contributed by atoms with van der Waals surface area (Å²) in [5.74, 6) is 0.361. The molecule has 0 heterocycles. The molecule has 4 nitrogen and oxygen atoms in total. The quantitative estimate of drug-likeness (QED) is 0.305. The van der Waals surface area contributed by atoms with Crippen LogP contribution in [0.4, 0.5) is 0 Å². The molecule has 0 amide bonds. The van der Waals surface area contributed by atoms with Gasteiger partial charge in [-0.15, -0.1) is 0 Å². The van der Waals surface area contributed by atoms with Crippen LogP contribution in [0.5, 0.6) is 5.75 Å². The van der Waals surface area contributed by atoms with Crippen LogP contribution in [0.2, 0.25) is 0 Å². The highest BCUT2D eigenvalue weighted by atomic mass is 16.5. The Hall–Kier alpha value is -3.11. The van der Waals surface area contributed by atoms with E-state index in [-0.39, 0.29) is 24.4 Å². The zero-order valence-corrected chi connectivity index (χ0v) is 22.3. The Kier molecular flexibility index (Phi) is 7.13. The van der Waals surface area contributed by atoms with Crippen LogP contribution < -0.4 is 4.74 Å². The highest BCUT2D eigenvalue weighted by molar-refractivity contribution is 5.75. The van der Waals surface area contributed by atoms with E-state index < -0.39 is 5.97 Å². The Morgan fingerprint density at radius 3 is 2.46 bits per heavy atom. The Labute approximate surface area is 220 Å². The largest absolute Gasteiger partial charge is 0.493 e. The molecule has 1 fully saturated rings. The van der Waals surface area contributed by atoms with Gasteiger partial charge in [0.15, 0.2) is 0 Å². The number of aliphatic hydroxyl groups is 1. The minimum Gasteiger partial charge on any atom is -0.493 e. The van der Waals surface area contributed by atoms with Crippen molar-refractivity contribution in [2.45, 2.75) is 71.6 Å². The third-order valence-electron chi connectivity index (χ3n) is 8.61. The molecule has 2 aliphatic rings. The standard InChI is InChI=1S/C33H38O4/c1-21-16-27(37-15-5-14-34)17-22(2)32(21)28-7-4-6-25(23(28)3)10-8-24-9-11-29-26(18-24)20-33(12-13-33)30(29)19-31(35)36/h4,6-7,9,11,16-18,30,34H,5,8,10,12-15,19-20H2,1-3H3,(H,35,36). The smallest absolute Gasteiger partial charge is 0.303 e. The molecule has 4 heteroatoms. The fourth-order valence-electron chi connectivity index (χ4n) is 6.52. The van der Waals surface area contributed by atoms with E-state index in [1.54, 1.807) is 0 Å². The van der Waals surface area contributed by atoms with Gasteiger partial charge in [0.2, 0.25) is 0 Å². The van der Waals surface area contributed by atoms with Crippen molar-refractivity contribution in [1.29, 1.82) is 0 Å². The number of ether oxygens (including phenoxy) is 1. The van der Waals surface area contributed by atoms with Gasteiger partial charge in [0.25, 0.3) is 0 Å². The molecule has 0 radical (unpaired) electrons. The van der Waals surface area contributed by atoms with E-state index in [1.165, 1.54) is 50.1 Å². The minimum absolute atomic E-state index is 0.138. The van der Waals surface area contributed by atoms with Crippen molar-refractivity contribution in [3.05, 3.63) is 87.5 Å². The zero-order chi connectivity index (χ0) is 26.2. The lowest BCUT2D eigenvalue weighted by Crippen LogP contribution is -2.13. The van der Waals surface area contributed by atoms with Gasteiger partial charge >= 0.3 is 5.97 Å². The average molecular weight is 499 g/mol. The van der Waals surface area contributed by atoms with Gasteiger partial charge in [-0.3, -0.25) is 4.79 Å². The van der Waals surface area contributed by atoms with E-state index in [2.05, 4.69) is 69.3 Å². The molecule has 1 saturated carbocycles. The monoisotopic (exact) mass is 498 g/mol. The number of hydrogen-bond acceptors (Lipinski definition) is 3. The molecule has 2 aliphatic carbocycles. The molecule has 1 unspecified atom stereocenters. The van der Waals surface area contributed by atoms with Gasteiger partial charge in [0.05, 0.1) is 13.0 Å². The summed E-state index contributed by atoms with van der Waals surface area (Å²) in [6, 6.07) is 17.6. The summed E-state index contributed by atoms with van der Waals surface area (Å²) >= 11 is 0. The van der Waals surface area contributed by atoms with Crippen LogP contribution in [-0.2, 0) is 24.1 Å². The maximum absolute atomic E-state index is 11.5. The maximum atomic E-state index is 11.5. The van der Waals surface area contributed by atoms with E-state index in [0.717, 1.165) is 37.9 Å². The van der Waals surface area contributed by atoms with Crippen LogP contribution in [-0.4, -0.2) is 29.4 Å². The molecule has 1 spiro atoms. The second-order valence-corrected chi connectivity index (χ2v) is 11.2. The summed E-state index contributed by atoms with van der Waals surface area (Å²) < 4.78 is 5.83. The Morgan fingerprint density at radius 2 is 1.78 bits per heavy atom. The fourth-order valence-corrected chi connectivity index (χ4v) is 6.52. The molecule has 37 heavy (non-hydrogen) atoms. The summed E-state index contributed by atoms with van der Waals surface area (Å²) in [5, 5.41) is 18.5. The summed E-state index contributed by atoms with van der Waals surface area (Å²) in [6.07, 6.45) is 6.21. The first-order chi connectivity index (χ1) is 17.8. The van der Waals surface area contributed by atoms with E-state index in [4.69, 9.17) is 9.84 Å². The molecule has 2 N–H and O–H groups in total. The molecule has 3 aromatic carbocycles. The summed E-state index contributed by atoms with van der Waals surface area (Å²) in [5.41, 5.74) is 11.8. The van der Waals surface area contributed by atoms with Crippen molar-refractivity contribution >= 4 is 5.97 Å². The van der Waals surface area contributed by atoms with Crippen molar-refractivity contribution in [1.82, 2.24) is 0 Å². The van der Waals surface area contributed by atoms with Crippen LogP contribution in [0.25, 0.3) is 11.1 Å². The molecular formula is C33H38O4. The van der Waals surface area contributed by atoms with Gasteiger partial charge in [-0.05, 0) is 120 Å². The first kappa shape index (κ1) is 25.5. The van der Waals surface area contributed by atoms with Crippen molar-refractivity contribution in [2.24, 2.45) is 5.41 Å². The van der Waals surface area contributed by atoms with E-state index >= 15 is 0 Å². The number of fused-ring (bicyclic) bond motifs is 1. The number of hydrogen-bond donors (Lipinski definition) is 2. The van der Waals surface area contributed by atoms with E-state index in [0.29, 0.717) is 13.0 Å². The van der Waals surface area contributed by atoms with Crippen LogP contribution in [0.1, 0.15) is 70.5 Å².